The fraction of sp³-hybridized carbons (Fsp3) is 0.381. The van der Waals surface area contributed by atoms with Gasteiger partial charge in [0.1, 0.15) is 5.82 Å². The average Bonchev–Trinajstić information content (AvgIpc) is 3.31. The smallest absolute Gasteiger partial charge is 0.256 e. The summed E-state index contributed by atoms with van der Waals surface area (Å²) in [6.45, 7) is 1.51. The number of halogens is 1. The number of nitrogens with one attached hydrogen (secondary N) is 1. The molecule has 2 aliphatic heterocycles. The molecule has 0 spiro atoms. The number of ether oxygens (including phenoxy) is 1. The van der Waals surface area contributed by atoms with Crippen LogP contribution in [0.4, 0.5) is 4.39 Å². The Balaban J connectivity index is 1.49. The largest absolute Gasteiger partial charge is 0.376 e. The molecule has 1 aromatic carbocycles. The number of benzene rings is 1. The average molecular weight is 383 g/mol. The molecule has 0 radical (unpaired) electrons. The van der Waals surface area contributed by atoms with Crippen LogP contribution < -0.4 is 5.32 Å². The van der Waals surface area contributed by atoms with E-state index in [1.165, 1.54) is 12.1 Å². The Morgan fingerprint density at radius 1 is 1.29 bits per heavy atom. The van der Waals surface area contributed by atoms with E-state index in [9.17, 15) is 14.0 Å². The molecule has 1 saturated heterocycles. The fourth-order valence-electron chi connectivity index (χ4n) is 3.76. The van der Waals surface area contributed by atoms with Gasteiger partial charge in [-0.25, -0.2) is 4.39 Å². The molecule has 0 saturated carbocycles. The monoisotopic (exact) mass is 383 g/mol. The molecule has 0 aliphatic carbocycles. The second-order valence-electron chi connectivity index (χ2n) is 7.15. The minimum Gasteiger partial charge on any atom is -0.376 e. The van der Waals surface area contributed by atoms with Crippen LogP contribution in [0.3, 0.4) is 0 Å². The van der Waals surface area contributed by atoms with Crippen LogP contribution in [0.25, 0.3) is 0 Å². The third kappa shape index (κ3) is 3.89. The van der Waals surface area contributed by atoms with Crippen LogP contribution in [0.15, 0.2) is 42.6 Å². The van der Waals surface area contributed by atoms with E-state index in [2.05, 4.69) is 10.3 Å². The number of hydrogen-bond acceptors (Lipinski definition) is 4. The second-order valence-corrected chi connectivity index (χ2v) is 7.15. The van der Waals surface area contributed by atoms with E-state index in [1.54, 1.807) is 35.4 Å². The molecule has 1 aromatic heterocycles. The molecule has 0 unspecified atom stereocenters. The summed E-state index contributed by atoms with van der Waals surface area (Å²) in [4.78, 5) is 31.4. The van der Waals surface area contributed by atoms with E-state index in [0.29, 0.717) is 24.3 Å². The Bertz CT molecular complexity index is 865. The Hall–Kier alpha value is -2.80. The fourth-order valence-corrected chi connectivity index (χ4v) is 3.76. The normalized spacial score (nSPS) is 21.0. The predicted molar refractivity (Wildman–Crippen MR) is 99.9 cm³/mol. The van der Waals surface area contributed by atoms with Crippen molar-refractivity contribution in [3.8, 4) is 0 Å². The van der Waals surface area contributed by atoms with Crippen LogP contribution in [0.5, 0.6) is 0 Å². The number of rotatable bonds is 6. The number of amides is 2. The highest BCUT2D eigenvalue weighted by Gasteiger charge is 2.38. The molecule has 28 heavy (non-hydrogen) atoms. The first-order chi connectivity index (χ1) is 13.6. The highest BCUT2D eigenvalue weighted by molar-refractivity contribution is 5.99. The van der Waals surface area contributed by atoms with Gasteiger partial charge in [-0.05, 0) is 42.7 Å². The lowest BCUT2D eigenvalue weighted by molar-refractivity contribution is -0.122. The van der Waals surface area contributed by atoms with E-state index < -0.39 is 6.04 Å². The summed E-state index contributed by atoms with van der Waals surface area (Å²) in [5, 5.41) is 2.91. The summed E-state index contributed by atoms with van der Waals surface area (Å²) < 4.78 is 18.7. The van der Waals surface area contributed by atoms with E-state index in [1.807, 2.05) is 0 Å². The maximum absolute atomic E-state index is 13.2. The maximum atomic E-state index is 13.2. The molecular formula is C21H22FN3O3. The van der Waals surface area contributed by atoms with Crippen molar-refractivity contribution in [2.24, 2.45) is 0 Å². The van der Waals surface area contributed by atoms with E-state index in [-0.39, 0.29) is 30.2 Å². The van der Waals surface area contributed by atoms with Crippen LogP contribution in [-0.4, -0.2) is 41.0 Å². The summed E-state index contributed by atoms with van der Waals surface area (Å²) in [5.41, 5.74) is 1.93. The molecule has 146 valence electrons. The minimum absolute atomic E-state index is 0.0647. The summed E-state index contributed by atoms with van der Waals surface area (Å²) in [6, 6.07) is 9.02. The third-order valence-corrected chi connectivity index (χ3v) is 5.22. The van der Waals surface area contributed by atoms with E-state index in [4.69, 9.17) is 4.74 Å². The molecule has 2 atom stereocenters. The van der Waals surface area contributed by atoms with Crippen molar-refractivity contribution in [3.05, 3.63) is 65.2 Å². The van der Waals surface area contributed by atoms with Crippen LogP contribution in [-0.2, 0) is 16.1 Å². The van der Waals surface area contributed by atoms with Crippen molar-refractivity contribution in [2.75, 3.05) is 13.2 Å². The summed E-state index contributed by atoms with van der Waals surface area (Å²) in [5.74, 6) is -0.633. The lowest BCUT2D eigenvalue weighted by Gasteiger charge is -2.25. The Kier molecular flexibility index (Phi) is 5.34. The van der Waals surface area contributed by atoms with E-state index >= 15 is 0 Å². The van der Waals surface area contributed by atoms with Crippen LogP contribution >= 0.6 is 0 Å². The van der Waals surface area contributed by atoms with Crippen LogP contribution in [0.2, 0.25) is 0 Å². The zero-order chi connectivity index (χ0) is 19.5. The molecule has 0 bridgehead atoms. The number of pyridine rings is 1. The first-order valence-electron chi connectivity index (χ1n) is 9.50. The Labute approximate surface area is 162 Å². The van der Waals surface area contributed by atoms with Crippen LogP contribution in [0.1, 0.15) is 46.9 Å². The zero-order valence-electron chi connectivity index (χ0n) is 15.4. The molecule has 2 aliphatic rings. The van der Waals surface area contributed by atoms with Gasteiger partial charge >= 0.3 is 0 Å². The Morgan fingerprint density at radius 2 is 2.11 bits per heavy atom. The minimum atomic E-state index is -0.446. The zero-order valence-corrected chi connectivity index (χ0v) is 15.4. The molecule has 4 rings (SSSR count). The summed E-state index contributed by atoms with van der Waals surface area (Å²) in [7, 11) is 0. The predicted octanol–water partition coefficient (Wildman–Crippen LogP) is 2.60. The van der Waals surface area contributed by atoms with Crippen molar-refractivity contribution < 1.29 is 18.7 Å². The molecule has 2 aromatic rings. The number of fused-ring (bicyclic) bond motifs is 1. The summed E-state index contributed by atoms with van der Waals surface area (Å²) in [6.07, 6.45) is 3.79. The standard InChI is InChI=1S/C21H22FN3O3/c22-15-7-5-14(6-8-15)13-25-18(20-17(21(25)27)4-1-9-23-20)11-19(26)24-12-16-3-2-10-28-16/h1,4-9,16,18H,2-3,10-13H2,(H,24,26)/t16-,18+/m0/s1. The molecule has 6 nitrogen and oxygen atoms in total. The van der Waals surface area contributed by atoms with Crippen molar-refractivity contribution in [1.29, 1.82) is 0 Å². The van der Waals surface area contributed by atoms with Gasteiger partial charge in [-0.1, -0.05) is 12.1 Å². The van der Waals surface area contributed by atoms with Crippen molar-refractivity contribution >= 4 is 11.8 Å². The van der Waals surface area contributed by atoms with Crippen LogP contribution in [0, 0.1) is 5.82 Å². The summed E-state index contributed by atoms with van der Waals surface area (Å²) >= 11 is 0. The van der Waals surface area contributed by atoms with Crippen molar-refractivity contribution in [1.82, 2.24) is 15.2 Å². The molecule has 1 fully saturated rings. The molecule has 2 amide bonds. The highest BCUT2D eigenvalue weighted by Crippen LogP contribution is 2.35. The van der Waals surface area contributed by atoms with Crippen molar-refractivity contribution in [2.45, 2.75) is 38.0 Å². The lowest BCUT2D eigenvalue weighted by Crippen LogP contribution is -2.35. The van der Waals surface area contributed by atoms with Gasteiger partial charge < -0.3 is 15.0 Å². The number of carbonyl (C=O) groups excluding carboxylic acids is 2. The van der Waals surface area contributed by atoms with Gasteiger partial charge in [0.2, 0.25) is 5.91 Å². The topological polar surface area (TPSA) is 71.5 Å². The van der Waals surface area contributed by atoms with Crippen molar-refractivity contribution in [3.63, 3.8) is 0 Å². The van der Waals surface area contributed by atoms with E-state index in [0.717, 1.165) is 25.0 Å². The molecule has 7 heteroatoms. The van der Waals surface area contributed by atoms with Gasteiger partial charge in [0, 0.05) is 25.9 Å². The number of aromatic nitrogens is 1. The lowest BCUT2D eigenvalue weighted by atomic mass is 10.1. The van der Waals surface area contributed by atoms with Gasteiger partial charge in [0.15, 0.2) is 0 Å². The highest BCUT2D eigenvalue weighted by atomic mass is 19.1. The number of nitrogens with zero attached hydrogens (tertiary/aromatic N) is 2. The van der Waals surface area contributed by atoms with Gasteiger partial charge in [-0.3, -0.25) is 14.6 Å². The van der Waals surface area contributed by atoms with Gasteiger partial charge in [0.25, 0.3) is 5.91 Å². The first kappa shape index (κ1) is 18.6. The SMILES string of the molecule is O=C(C[C@@H]1c2ncccc2C(=O)N1Cc1ccc(F)cc1)NC[C@@H]1CCCO1. The first-order valence-corrected chi connectivity index (χ1v) is 9.50. The van der Waals surface area contributed by atoms with Gasteiger partial charge in [0.05, 0.1) is 29.8 Å². The second kappa shape index (κ2) is 8.06. The Morgan fingerprint density at radius 3 is 2.86 bits per heavy atom. The maximum Gasteiger partial charge on any atom is 0.256 e. The molecular weight excluding hydrogens is 361 g/mol. The number of carbonyl (C=O) groups is 2. The molecule has 1 N–H and O–H groups in total. The van der Waals surface area contributed by atoms with Gasteiger partial charge in [-0.15, -0.1) is 0 Å². The quantitative estimate of drug-likeness (QED) is 0.832. The number of hydrogen-bond donors (Lipinski definition) is 1. The third-order valence-electron chi connectivity index (χ3n) is 5.22. The molecule has 3 heterocycles. The van der Waals surface area contributed by atoms with Gasteiger partial charge in [-0.2, -0.15) is 0 Å².